The molecule has 1 unspecified atom stereocenters. The van der Waals surface area contributed by atoms with Gasteiger partial charge in [-0.15, -0.1) is 0 Å². The van der Waals surface area contributed by atoms with Crippen molar-refractivity contribution in [3.8, 4) is 0 Å². The second-order valence-electron chi connectivity index (χ2n) is 5.42. The molecule has 1 aromatic heterocycles. The number of aromatic nitrogens is 1. The fourth-order valence-corrected chi connectivity index (χ4v) is 3.70. The van der Waals surface area contributed by atoms with E-state index in [1.807, 2.05) is 0 Å². The lowest BCUT2D eigenvalue weighted by molar-refractivity contribution is -0.134. The van der Waals surface area contributed by atoms with Gasteiger partial charge in [-0.1, -0.05) is 0 Å². The molecule has 22 heavy (non-hydrogen) atoms. The van der Waals surface area contributed by atoms with Crippen molar-refractivity contribution in [2.24, 2.45) is 5.73 Å². The van der Waals surface area contributed by atoms with Crippen LogP contribution < -0.4 is 5.73 Å². The SMILES string of the molecule is CN(CC(=O)N1CCCCC1CN)S(=O)(=O)c1cccnc1. The molecular formula is C14H22N4O3S. The van der Waals surface area contributed by atoms with Gasteiger partial charge in [-0.2, -0.15) is 4.31 Å². The van der Waals surface area contributed by atoms with E-state index in [9.17, 15) is 13.2 Å². The lowest BCUT2D eigenvalue weighted by atomic mass is 10.0. The van der Waals surface area contributed by atoms with Crippen LogP contribution in [0.3, 0.4) is 0 Å². The smallest absolute Gasteiger partial charge is 0.244 e. The standard InChI is InChI=1S/C14H22N4O3S/c1-17(22(20,21)13-6-4-7-16-10-13)11-14(19)18-8-3-2-5-12(18)9-15/h4,6-7,10,12H,2-3,5,8-9,11,15H2,1H3. The van der Waals surface area contributed by atoms with Gasteiger partial charge in [-0.3, -0.25) is 9.78 Å². The van der Waals surface area contributed by atoms with Crippen LogP contribution in [0.15, 0.2) is 29.4 Å². The number of piperidine rings is 1. The number of nitrogens with zero attached hydrogens (tertiary/aromatic N) is 3. The highest BCUT2D eigenvalue weighted by molar-refractivity contribution is 7.89. The number of hydrogen-bond donors (Lipinski definition) is 1. The predicted molar refractivity (Wildman–Crippen MR) is 82.5 cm³/mol. The summed E-state index contributed by atoms with van der Waals surface area (Å²) in [5.41, 5.74) is 5.71. The van der Waals surface area contributed by atoms with Gasteiger partial charge in [-0.05, 0) is 31.4 Å². The van der Waals surface area contributed by atoms with Crippen molar-refractivity contribution < 1.29 is 13.2 Å². The number of rotatable bonds is 5. The first-order chi connectivity index (χ1) is 10.5. The van der Waals surface area contributed by atoms with E-state index in [1.165, 1.54) is 25.5 Å². The van der Waals surface area contributed by atoms with Gasteiger partial charge in [0.15, 0.2) is 0 Å². The Morgan fingerprint density at radius 3 is 2.91 bits per heavy atom. The van der Waals surface area contributed by atoms with Gasteiger partial charge < -0.3 is 10.6 Å². The summed E-state index contributed by atoms with van der Waals surface area (Å²) in [5, 5.41) is 0. The largest absolute Gasteiger partial charge is 0.337 e. The Morgan fingerprint density at radius 2 is 2.27 bits per heavy atom. The highest BCUT2D eigenvalue weighted by Crippen LogP contribution is 2.18. The van der Waals surface area contributed by atoms with Crippen molar-refractivity contribution in [2.45, 2.75) is 30.2 Å². The molecule has 1 aromatic rings. The number of hydrogen-bond acceptors (Lipinski definition) is 5. The minimum absolute atomic E-state index is 0.00995. The molecule has 1 amide bonds. The van der Waals surface area contributed by atoms with E-state index in [-0.39, 0.29) is 23.4 Å². The molecule has 0 aromatic carbocycles. The number of amides is 1. The molecule has 1 saturated heterocycles. The zero-order valence-electron chi connectivity index (χ0n) is 12.7. The third kappa shape index (κ3) is 3.63. The third-order valence-electron chi connectivity index (χ3n) is 3.92. The summed E-state index contributed by atoms with van der Waals surface area (Å²) in [4.78, 5) is 18.0. The van der Waals surface area contributed by atoms with E-state index in [0.717, 1.165) is 23.6 Å². The zero-order valence-corrected chi connectivity index (χ0v) is 13.5. The molecule has 1 aliphatic rings. The molecule has 0 aliphatic carbocycles. The van der Waals surface area contributed by atoms with Gasteiger partial charge in [0.2, 0.25) is 15.9 Å². The number of nitrogens with two attached hydrogens (primary N) is 1. The Bertz CT molecular complexity index is 606. The molecule has 1 aliphatic heterocycles. The summed E-state index contributed by atoms with van der Waals surface area (Å²) < 4.78 is 25.8. The number of carbonyl (C=O) groups is 1. The molecular weight excluding hydrogens is 304 g/mol. The molecule has 8 heteroatoms. The van der Waals surface area contributed by atoms with E-state index in [2.05, 4.69) is 4.98 Å². The Hall–Kier alpha value is -1.51. The van der Waals surface area contributed by atoms with Gasteiger partial charge in [0.05, 0.1) is 6.54 Å². The van der Waals surface area contributed by atoms with Gasteiger partial charge in [-0.25, -0.2) is 8.42 Å². The van der Waals surface area contributed by atoms with Crippen LogP contribution in [-0.4, -0.2) is 61.2 Å². The highest BCUT2D eigenvalue weighted by Gasteiger charge is 2.29. The van der Waals surface area contributed by atoms with Crippen molar-refractivity contribution in [3.05, 3.63) is 24.5 Å². The summed E-state index contributed by atoms with van der Waals surface area (Å²) >= 11 is 0. The lowest BCUT2D eigenvalue weighted by Crippen LogP contribution is -2.50. The van der Waals surface area contributed by atoms with Crippen LogP contribution >= 0.6 is 0 Å². The number of sulfonamides is 1. The summed E-state index contributed by atoms with van der Waals surface area (Å²) in [7, 11) is -2.30. The Labute approximate surface area is 131 Å². The van der Waals surface area contributed by atoms with Gasteiger partial charge in [0, 0.05) is 38.6 Å². The van der Waals surface area contributed by atoms with E-state index < -0.39 is 10.0 Å². The molecule has 1 fully saturated rings. The summed E-state index contributed by atoms with van der Waals surface area (Å²) in [6.45, 7) is 0.861. The molecule has 1 atom stereocenters. The Balaban J connectivity index is 2.07. The topological polar surface area (TPSA) is 96.6 Å². The Kier molecular flexibility index (Phi) is 5.49. The molecule has 2 rings (SSSR count). The summed E-state index contributed by atoms with van der Waals surface area (Å²) in [6.07, 6.45) is 5.64. The van der Waals surface area contributed by atoms with Crippen molar-refractivity contribution in [3.63, 3.8) is 0 Å². The minimum atomic E-state index is -3.70. The average Bonchev–Trinajstić information content (AvgIpc) is 2.55. The van der Waals surface area contributed by atoms with Crippen molar-refractivity contribution >= 4 is 15.9 Å². The fourth-order valence-electron chi connectivity index (χ4n) is 2.62. The normalized spacial score (nSPS) is 19.4. The number of pyridine rings is 1. The third-order valence-corrected chi connectivity index (χ3v) is 5.71. The van der Waals surface area contributed by atoms with Crippen LogP contribution in [0.1, 0.15) is 19.3 Å². The van der Waals surface area contributed by atoms with Gasteiger partial charge in [0.25, 0.3) is 0 Å². The minimum Gasteiger partial charge on any atom is -0.337 e. The highest BCUT2D eigenvalue weighted by atomic mass is 32.2. The average molecular weight is 326 g/mol. The molecule has 2 heterocycles. The summed E-state index contributed by atoms with van der Waals surface area (Å²) in [5.74, 6) is -0.204. The fraction of sp³-hybridized carbons (Fsp3) is 0.571. The molecule has 122 valence electrons. The number of carbonyl (C=O) groups excluding carboxylic acids is 1. The number of likely N-dealkylation sites (tertiary alicyclic amines) is 1. The molecule has 0 radical (unpaired) electrons. The zero-order chi connectivity index (χ0) is 16.2. The second kappa shape index (κ2) is 7.17. The maximum Gasteiger partial charge on any atom is 0.244 e. The van der Waals surface area contributed by atoms with Gasteiger partial charge in [0.1, 0.15) is 4.90 Å². The van der Waals surface area contributed by atoms with E-state index in [1.54, 1.807) is 11.0 Å². The van der Waals surface area contributed by atoms with Crippen LogP contribution in [0.25, 0.3) is 0 Å². The van der Waals surface area contributed by atoms with Crippen LogP contribution in [0.5, 0.6) is 0 Å². The first-order valence-corrected chi connectivity index (χ1v) is 8.76. The maximum absolute atomic E-state index is 12.4. The molecule has 0 bridgehead atoms. The molecule has 2 N–H and O–H groups in total. The quantitative estimate of drug-likeness (QED) is 0.824. The van der Waals surface area contributed by atoms with Crippen LogP contribution in [0.4, 0.5) is 0 Å². The molecule has 7 nitrogen and oxygen atoms in total. The van der Waals surface area contributed by atoms with Crippen molar-refractivity contribution in [1.29, 1.82) is 0 Å². The molecule has 0 saturated carbocycles. The maximum atomic E-state index is 12.4. The van der Waals surface area contributed by atoms with Crippen LogP contribution in [0.2, 0.25) is 0 Å². The van der Waals surface area contributed by atoms with E-state index in [0.29, 0.717) is 13.1 Å². The predicted octanol–water partition coefficient (Wildman–Crippen LogP) is 0.0419. The first-order valence-electron chi connectivity index (χ1n) is 7.32. The first kappa shape index (κ1) is 16.9. The Morgan fingerprint density at radius 1 is 1.50 bits per heavy atom. The molecule has 0 spiro atoms. The second-order valence-corrected chi connectivity index (χ2v) is 7.47. The number of likely N-dealkylation sites (N-methyl/N-ethyl adjacent to an activating group) is 1. The summed E-state index contributed by atoms with van der Waals surface area (Å²) in [6, 6.07) is 3.03. The monoisotopic (exact) mass is 326 g/mol. The van der Waals surface area contributed by atoms with E-state index in [4.69, 9.17) is 5.73 Å². The van der Waals surface area contributed by atoms with Crippen LogP contribution in [0, 0.1) is 0 Å². The van der Waals surface area contributed by atoms with Crippen molar-refractivity contribution in [2.75, 3.05) is 26.7 Å². The lowest BCUT2D eigenvalue weighted by Gasteiger charge is -2.35. The van der Waals surface area contributed by atoms with E-state index >= 15 is 0 Å². The van der Waals surface area contributed by atoms with Crippen molar-refractivity contribution in [1.82, 2.24) is 14.2 Å². The van der Waals surface area contributed by atoms with Gasteiger partial charge >= 0.3 is 0 Å². The van der Waals surface area contributed by atoms with Crippen LogP contribution in [-0.2, 0) is 14.8 Å².